The molecule has 0 aliphatic carbocycles. The van der Waals surface area contributed by atoms with Gasteiger partial charge < -0.3 is 11.1 Å². The second-order valence-electron chi connectivity index (χ2n) is 5.30. The van der Waals surface area contributed by atoms with E-state index in [1.54, 1.807) is 11.9 Å². The Morgan fingerprint density at radius 3 is 2.58 bits per heavy atom. The highest BCUT2D eigenvalue weighted by Crippen LogP contribution is 2.42. The summed E-state index contributed by atoms with van der Waals surface area (Å²) in [5.41, 5.74) is 8.58. The quantitative estimate of drug-likeness (QED) is 0.640. The Morgan fingerprint density at radius 2 is 2.05 bits per heavy atom. The molecule has 0 radical (unpaired) electrons. The lowest BCUT2D eigenvalue weighted by molar-refractivity contribution is 0.228. The topological polar surface area (TPSA) is 67.3 Å². The van der Waals surface area contributed by atoms with Crippen molar-refractivity contribution in [2.45, 2.75) is 33.4 Å². The Balaban J connectivity index is 2.86. The number of allylic oxidation sites excluding steroid dienone is 1. The van der Waals surface area contributed by atoms with E-state index in [9.17, 15) is 4.39 Å². The van der Waals surface area contributed by atoms with Crippen molar-refractivity contribution in [2.24, 2.45) is 11.6 Å². The minimum absolute atomic E-state index is 0.326. The molecule has 6 heteroatoms. The Hall–Kier alpha value is -1.27. The van der Waals surface area contributed by atoms with Crippen LogP contribution in [-0.2, 0) is 0 Å². The number of hydrogen-bond acceptors (Lipinski definition) is 4. The molecule has 4 nitrogen and oxygen atoms in total. The van der Waals surface area contributed by atoms with Crippen molar-refractivity contribution in [2.75, 3.05) is 5.32 Å². The number of rotatable bonds is 0. The third kappa shape index (κ3) is 2.08. The third-order valence-electron chi connectivity index (χ3n) is 3.36. The van der Waals surface area contributed by atoms with Gasteiger partial charge in [-0.1, -0.05) is 15.9 Å². The molecule has 1 aromatic rings. The van der Waals surface area contributed by atoms with Gasteiger partial charge in [0.05, 0.1) is 11.4 Å². The lowest BCUT2D eigenvalue weighted by Gasteiger charge is -2.45. The van der Waals surface area contributed by atoms with Crippen molar-refractivity contribution < 1.29 is 4.39 Å². The number of nitrogens with one attached hydrogen (secondary N) is 1. The molecule has 0 unspecified atom stereocenters. The zero-order chi connectivity index (χ0) is 14.5. The van der Waals surface area contributed by atoms with E-state index in [1.165, 1.54) is 6.07 Å². The number of nitrogens with zero attached hydrogens (tertiary/aromatic N) is 1. The molecule has 1 aromatic carbocycles. The summed E-state index contributed by atoms with van der Waals surface area (Å²) >= 11 is 3.36. The van der Waals surface area contributed by atoms with Gasteiger partial charge in [-0.05, 0) is 39.3 Å². The average Bonchev–Trinajstić information content (AvgIpc) is 2.28. The molecule has 0 amide bonds. The Morgan fingerprint density at radius 1 is 1.47 bits per heavy atom. The summed E-state index contributed by atoms with van der Waals surface area (Å²) in [5, 5.41) is 4.67. The second-order valence-corrected chi connectivity index (χ2v) is 6.16. The predicted molar refractivity (Wildman–Crippen MR) is 79.3 cm³/mol. The van der Waals surface area contributed by atoms with Crippen LogP contribution in [0.1, 0.15) is 31.9 Å². The van der Waals surface area contributed by atoms with Crippen LogP contribution in [0.4, 0.5) is 10.1 Å². The Bertz CT molecular complexity index is 576. The molecule has 2 rings (SSSR count). The number of halogens is 2. The highest BCUT2D eigenvalue weighted by atomic mass is 79.9. The number of nitrogens with two attached hydrogens (primary N) is 2. The van der Waals surface area contributed by atoms with E-state index in [4.69, 9.17) is 11.6 Å². The molecule has 1 heterocycles. The summed E-state index contributed by atoms with van der Waals surface area (Å²) in [4.78, 5) is 0. The summed E-state index contributed by atoms with van der Waals surface area (Å²) in [5.74, 6) is 5.81. The molecule has 0 aromatic heterocycles. The van der Waals surface area contributed by atoms with Crippen LogP contribution in [0.2, 0.25) is 0 Å². The van der Waals surface area contributed by atoms with E-state index in [0.717, 1.165) is 5.56 Å². The highest BCUT2D eigenvalue weighted by molar-refractivity contribution is 9.10. The standard InChI is InChI=1S/C13H18BrFN4/c1-6-8(14)5-9(15)11-10(6)12(7(2)16)19(17)13(3,4)18-11/h5,18H,16-17H2,1-4H3/b12-7-. The number of benzene rings is 1. The number of fused-ring (bicyclic) bond motifs is 1. The smallest absolute Gasteiger partial charge is 0.148 e. The molecule has 0 spiro atoms. The monoisotopic (exact) mass is 328 g/mol. The molecule has 104 valence electrons. The SMILES string of the molecule is C/C(N)=C1\c2c(C)c(Br)cc(F)c2NC(C)(C)N1N. The zero-order valence-corrected chi connectivity index (χ0v) is 13.0. The van der Waals surface area contributed by atoms with Gasteiger partial charge >= 0.3 is 0 Å². The highest BCUT2D eigenvalue weighted by Gasteiger charge is 2.37. The van der Waals surface area contributed by atoms with E-state index in [2.05, 4.69) is 21.2 Å². The van der Waals surface area contributed by atoms with Gasteiger partial charge in [-0.2, -0.15) is 0 Å². The first-order valence-electron chi connectivity index (χ1n) is 5.95. The summed E-state index contributed by atoms with van der Waals surface area (Å²) in [6.45, 7) is 7.41. The molecule has 0 bridgehead atoms. The van der Waals surface area contributed by atoms with Crippen LogP contribution in [-0.4, -0.2) is 10.7 Å². The van der Waals surface area contributed by atoms with Crippen LogP contribution in [0.5, 0.6) is 0 Å². The van der Waals surface area contributed by atoms with Crippen LogP contribution in [0.15, 0.2) is 16.2 Å². The van der Waals surface area contributed by atoms with Gasteiger partial charge in [-0.25, -0.2) is 10.2 Å². The molecule has 1 aliphatic heterocycles. The largest absolute Gasteiger partial charge is 0.401 e. The van der Waals surface area contributed by atoms with E-state index in [0.29, 0.717) is 27.1 Å². The third-order valence-corrected chi connectivity index (χ3v) is 4.18. The minimum Gasteiger partial charge on any atom is -0.401 e. The predicted octanol–water partition coefficient (Wildman–Crippen LogP) is 2.88. The molecular formula is C13H18BrFN4. The zero-order valence-electron chi connectivity index (χ0n) is 11.4. The molecule has 1 aliphatic rings. The molecule has 19 heavy (non-hydrogen) atoms. The number of hydrogen-bond donors (Lipinski definition) is 3. The molecule has 5 N–H and O–H groups in total. The normalized spacial score (nSPS) is 19.8. The van der Waals surface area contributed by atoms with Gasteiger partial charge in [0.15, 0.2) is 0 Å². The van der Waals surface area contributed by atoms with Crippen LogP contribution in [0.3, 0.4) is 0 Å². The fraction of sp³-hybridized carbons (Fsp3) is 0.385. The van der Waals surface area contributed by atoms with Crippen molar-refractivity contribution in [3.8, 4) is 0 Å². The maximum absolute atomic E-state index is 14.2. The van der Waals surface area contributed by atoms with Crippen molar-refractivity contribution in [1.82, 2.24) is 5.01 Å². The van der Waals surface area contributed by atoms with Gasteiger partial charge in [-0.15, -0.1) is 0 Å². The number of anilines is 1. The van der Waals surface area contributed by atoms with Crippen LogP contribution >= 0.6 is 15.9 Å². The summed E-state index contributed by atoms with van der Waals surface area (Å²) in [7, 11) is 0. The van der Waals surface area contributed by atoms with Gasteiger partial charge in [0.25, 0.3) is 0 Å². The van der Waals surface area contributed by atoms with E-state index in [-0.39, 0.29) is 5.82 Å². The maximum atomic E-state index is 14.2. The minimum atomic E-state index is -0.621. The van der Waals surface area contributed by atoms with Crippen molar-refractivity contribution in [1.29, 1.82) is 0 Å². The lowest BCUT2D eigenvalue weighted by atomic mass is 9.95. The molecule has 0 atom stereocenters. The van der Waals surface area contributed by atoms with Gasteiger partial charge in [-0.3, -0.25) is 5.01 Å². The van der Waals surface area contributed by atoms with Crippen molar-refractivity contribution in [3.63, 3.8) is 0 Å². The van der Waals surface area contributed by atoms with E-state index in [1.807, 2.05) is 20.8 Å². The average molecular weight is 329 g/mol. The maximum Gasteiger partial charge on any atom is 0.148 e. The van der Waals surface area contributed by atoms with Crippen LogP contribution < -0.4 is 16.9 Å². The Labute approximate surface area is 120 Å². The van der Waals surface area contributed by atoms with E-state index < -0.39 is 5.66 Å². The van der Waals surface area contributed by atoms with Crippen LogP contribution in [0, 0.1) is 12.7 Å². The number of hydrazine groups is 1. The summed E-state index contributed by atoms with van der Waals surface area (Å²) in [6.07, 6.45) is 0. The van der Waals surface area contributed by atoms with Crippen molar-refractivity contribution >= 4 is 27.3 Å². The Kier molecular flexibility index (Phi) is 3.26. The molecule has 0 saturated heterocycles. The molecule has 0 saturated carbocycles. The van der Waals surface area contributed by atoms with Gasteiger partial charge in [0.1, 0.15) is 11.5 Å². The first-order valence-corrected chi connectivity index (χ1v) is 6.74. The van der Waals surface area contributed by atoms with Crippen LogP contribution in [0.25, 0.3) is 5.70 Å². The van der Waals surface area contributed by atoms with Gasteiger partial charge in [0.2, 0.25) is 0 Å². The second kappa shape index (κ2) is 4.38. The molecular weight excluding hydrogens is 311 g/mol. The summed E-state index contributed by atoms with van der Waals surface area (Å²) < 4.78 is 14.9. The fourth-order valence-corrected chi connectivity index (χ4v) is 2.69. The summed E-state index contributed by atoms with van der Waals surface area (Å²) in [6, 6.07) is 1.45. The lowest BCUT2D eigenvalue weighted by Crippen LogP contribution is -2.56. The van der Waals surface area contributed by atoms with E-state index >= 15 is 0 Å². The first-order chi connectivity index (χ1) is 8.66. The van der Waals surface area contributed by atoms with Gasteiger partial charge in [0, 0.05) is 15.7 Å². The molecule has 0 fully saturated rings. The first kappa shape index (κ1) is 14.1. The van der Waals surface area contributed by atoms with Crippen molar-refractivity contribution in [3.05, 3.63) is 33.2 Å². The fourth-order valence-electron chi connectivity index (χ4n) is 2.29.